The maximum atomic E-state index is 12.4. The highest BCUT2D eigenvalue weighted by molar-refractivity contribution is 7.11. The molecule has 20 heavy (non-hydrogen) atoms. The summed E-state index contributed by atoms with van der Waals surface area (Å²) in [5.74, 6) is 0.379. The predicted octanol–water partition coefficient (Wildman–Crippen LogP) is 1.68. The summed E-state index contributed by atoms with van der Waals surface area (Å²) >= 11 is 1.41. The third kappa shape index (κ3) is 2.44. The van der Waals surface area contributed by atoms with Gasteiger partial charge < -0.3 is 9.80 Å². The van der Waals surface area contributed by atoms with Crippen LogP contribution in [0.15, 0.2) is 5.51 Å². The quantitative estimate of drug-likeness (QED) is 0.833. The molecule has 5 nitrogen and oxygen atoms in total. The molecule has 2 fully saturated rings. The molecule has 0 aromatic carbocycles. The summed E-state index contributed by atoms with van der Waals surface area (Å²) in [5.41, 5.74) is 2.54. The Hall–Kier alpha value is -1.43. The molecule has 0 bridgehead atoms. The number of nitrogens with zero attached hydrogens (tertiary/aromatic N) is 3. The topological polar surface area (TPSA) is 53.5 Å². The number of thiazole rings is 1. The summed E-state index contributed by atoms with van der Waals surface area (Å²) < 4.78 is 0. The number of likely N-dealkylation sites (tertiary alicyclic amines) is 2. The fraction of sp³-hybridized carbons (Fsp3) is 0.643. The first kappa shape index (κ1) is 13.5. The van der Waals surface area contributed by atoms with E-state index >= 15 is 0 Å². The number of aromatic nitrogens is 1. The number of hydrogen-bond acceptors (Lipinski definition) is 4. The largest absolute Gasteiger partial charge is 0.340 e. The molecule has 0 N–H and O–H groups in total. The number of carbonyl (C=O) groups is 2. The second kappa shape index (κ2) is 5.52. The fourth-order valence-corrected chi connectivity index (χ4v) is 3.86. The van der Waals surface area contributed by atoms with Crippen LogP contribution in [0.25, 0.3) is 0 Å². The number of piperidine rings is 1. The molecular formula is C14H19N3O2S. The van der Waals surface area contributed by atoms with Crippen molar-refractivity contribution < 1.29 is 9.59 Å². The van der Waals surface area contributed by atoms with Gasteiger partial charge >= 0.3 is 0 Å². The van der Waals surface area contributed by atoms with E-state index in [9.17, 15) is 9.59 Å². The van der Waals surface area contributed by atoms with E-state index in [2.05, 4.69) is 4.98 Å². The van der Waals surface area contributed by atoms with Crippen LogP contribution >= 0.6 is 11.3 Å². The Kier molecular flexibility index (Phi) is 3.74. The average Bonchev–Trinajstić information content (AvgIpc) is 3.07. The number of aryl methyl sites for hydroxylation is 1. The van der Waals surface area contributed by atoms with Gasteiger partial charge in [0, 0.05) is 32.1 Å². The van der Waals surface area contributed by atoms with Gasteiger partial charge in [0.2, 0.25) is 5.91 Å². The van der Waals surface area contributed by atoms with Gasteiger partial charge in [-0.2, -0.15) is 0 Å². The second-order valence-corrected chi connectivity index (χ2v) is 6.34. The van der Waals surface area contributed by atoms with Gasteiger partial charge in [0.25, 0.3) is 5.91 Å². The zero-order valence-corrected chi connectivity index (χ0v) is 12.5. The van der Waals surface area contributed by atoms with Gasteiger partial charge in [-0.15, -0.1) is 11.3 Å². The lowest BCUT2D eigenvalue weighted by Gasteiger charge is -2.36. The maximum Gasteiger partial charge on any atom is 0.265 e. The summed E-state index contributed by atoms with van der Waals surface area (Å²) in [7, 11) is 0. The van der Waals surface area contributed by atoms with Crippen LogP contribution in [0.4, 0.5) is 0 Å². The molecule has 0 saturated carbocycles. The van der Waals surface area contributed by atoms with Crippen molar-refractivity contribution in [2.24, 2.45) is 0 Å². The van der Waals surface area contributed by atoms with Gasteiger partial charge in [-0.1, -0.05) is 0 Å². The summed E-state index contributed by atoms with van der Waals surface area (Å²) in [6, 6.07) is 0.330. The predicted molar refractivity (Wildman–Crippen MR) is 76.7 cm³/mol. The summed E-state index contributed by atoms with van der Waals surface area (Å²) in [6.45, 7) is 4.25. The normalized spacial score (nSPS) is 20.8. The molecule has 2 aliphatic rings. The molecule has 0 atom stereocenters. The van der Waals surface area contributed by atoms with Crippen LogP contribution in [0.2, 0.25) is 0 Å². The molecule has 0 unspecified atom stereocenters. The van der Waals surface area contributed by atoms with E-state index in [1.165, 1.54) is 11.3 Å². The molecule has 6 heteroatoms. The second-order valence-electron chi connectivity index (χ2n) is 5.48. The van der Waals surface area contributed by atoms with E-state index in [0.29, 0.717) is 12.5 Å². The lowest BCUT2D eigenvalue weighted by Crippen LogP contribution is -2.47. The van der Waals surface area contributed by atoms with Crippen molar-refractivity contribution >= 4 is 23.2 Å². The molecule has 1 aromatic rings. The summed E-state index contributed by atoms with van der Waals surface area (Å²) in [6.07, 6.45) is 3.47. The van der Waals surface area contributed by atoms with Crippen molar-refractivity contribution in [1.82, 2.24) is 14.8 Å². The van der Waals surface area contributed by atoms with E-state index in [1.54, 1.807) is 5.51 Å². The van der Waals surface area contributed by atoms with Crippen LogP contribution in [0.1, 0.15) is 41.0 Å². The Balaban J connectivity index is 1.60. The molecule has 0 radical (unpaired) electrons. The van der Waals surface area contributed by atoms with Crippen molar-refractivity contribution in [2.75, 3.05) is 19.6 Å². The van der Waals surface area contributed by atoms with Crippen molar-refractivity contribution in [3.8, 4) is 0 Å². The van der Waals surface area contributed by atoms with Crippen molar-refractivity contribution in [3.05, 3.63) is 16.1 Å². The molecule has 0 aliphatic carbocycles. The highest BCUT2D eigenvalue weighted by Gasteiger charge is 2.32. The number of amides is 2. The lowest BCUT2D eigenvalue weighted by molar-refractivity contribution is -0.130. The molecule has 3 heterocycles. The zero-order valence-electron chi connectivity index (χ0n) is 11.7. The fourth-order valence-electron chi connectivity index (χ4n) is 3.09. The van der Waals surface area contributed by atoms with Gasteiger partial charge in [-0.3, -0.25) is 9.59 Å². The maximum absolute atomic E-state index is 12.4. The first-order chi connectivity index (χ1) is 9.66. The van der Waals surface area contributed by atoms with Gasteiger partial charge in [-0.05, 0) is 26.2 Å². The number of hydrogen-bond donors (Lipinski definition) is 0. The summed E-state index contributed by atoms with van der Waals surface area (Å²) in [5, 5.41) is 0. The first-order valence-corrected chi connectivity index (χ1v) is 8.03. The van der Waals surface area contributed by atoms with Crippen molar-refractivity contribution in [1.29, 1.82) is 0 Å². The van der Waals surface area contributed by atoms with E-state index in [1.807, 2.05) is 16.7 Å². The first-order valence-electron chi connectivity index (χ1n) is 7.15. The number of rotatable bonds is 2. The molecule has 3 rings (SSSR count). The van der Waals surface area contributed by atoms with Crippen LogP contribution in [-0.2, 0) is 4.79 Å². The molecule has 108 valence electrons. The van der Waals surface area contributed by atoms with E-state index in [0.717, 1.165) is 49.5 Å². The SMILES string of the molecule is Cc1ncsc1C(=O)N1CCC(N2CCCC2=O)CC1. The van der Waals surface area contributed by atoms with Crippen LogP contribution in [0.3, 0.4) is 0 Å². The minimum Gasteiger partial charge on any atom is -0.340 e. The minimum atomic E-state index is 0.0937. The lowest BCUT2D eigenvalue weighted by atomic mass is 10.0. The zero-order chi connectivity index (χ0) is 14.1. The summed E-state index contributed by atoms with van der Waals surface area (Å²) in [4.78, 5) is 33.0. The Morgan fingerprint density at radius 1 is 1.35 bits per heavy atom. The molecule has 0 spiro atoms. The van der Waals surface area contributed by atoms with Gasteiger partial charge in [-0.25, -0.2) is 4.98 Å². The third-order valence-electron chi connectivity index (χ3n) is 4.24. The van der Waals surface area contributed by atoms with Crippen molar-refractivity contribution in [3.63, 3.8) is 0 Å². The van der Waals surface area contributed by atoms with E-state index in [4.69, 9.17) is 0 Å². The highest BCUT2D eigenvalue weighted by atomic mass is 32.1. The Labute approximate surface area is 122 Å². The Bertz CT molecular complexity index is 520. The van der Waals surface area contributed by atoms with Crippen molar-refractivity contribution in [2.45, 2.75) is 38.6 Å². The standard InChI is InChI=1S/C14H19N3O2S/c1-10-13(20-9-15-10)14(19)16-7-4-11(5-8-16)17-6-2-3-12(17)18/h9,11H,2-8H2,1H3. The minimum absolute atomic E-state index is 0.0937. The smallest absolute Gasteiger partial charge is 0.265 e. The third-order valence-corrected chi connectivity index (χ3v) is 5.16. The van der Waals surface area contributed by atoms with Crippen LogP contribution in [0.5, 0.6) is 0 Å². The number of carbonyl (C=O) groups excluding carboxylic acids is 2. The van der Waals surface area contributed by atoms with Crippen LogP contribution in [-0.4, -0.2) is 52.3 Å². The molecule has 2 saturated heterocycles. The van der Waals surface area contributed by atoms with E-state index in [-0.39, 0.29) is 11.8 Å². The Morgan fingerprint density at radius 2 is 2.10 bits per heavy atom. The van der Waals surface area contributed by atoms with E-state index < -0.39 is 0 Å². The van der Waals surface area contributed by atoms with Gasteiger partial charge in [0.05, 0.1) is 11.2 Å². The van der Waals surface area contributed by atoms with Gasteiger partial charge in [0.15, 0.2) is 0 Å². The molecule has 2 amide bonds. The Morgan fingerprint density at radius 3 is 2.65 bits per heavy atom. The molecular weight excluding hydrogens is 274 g/mol. The molecule has 1 aromatic heterocycles. The average molecular weight is 293 g/mol. The molecule has 2 aliphatic heterocycles. The monoisotopic (exact) mass is 293 g/mol. The van der Waals surface area contributed by atoms with Crippen LogP contribution < -0.4 is 0 Å². The van der Waals surface area contributed by atoms with Crippen LogP contribution in [0, 0.1) is 6.92 Å². The van der Waals surface area contributed by atoms with Gasteiger partial charge in [0.1, 0.15) is 4.88 Å². The highest BCUT2D eigenvalue weighted by Crippen LogP contribution is 2.24.